The third kappa shape index (κ3) is 2.87. The van der Waals surface area contributed by atoms with Crippen LogP contribution in [0.4, 0.5) is 0 Å². The molecule has 1 heterocycles. The van der Waals surface area contributed by atoms with Crippen LogP contribution in [0.3, 0.4) is 0 Å². The summed E-state index contributed by atoms with van der Waals surface area (Å²) >= 11 is 0. The second kappa shape index (κ2) is 6.07. The van der Waals surface area contributed by atoms with Crippen LogP contribution >= 0.6 is 0 Å². The second-order valence-electron chi connectivity index (χ2n) is 6.69. The Hall–Kier alpha value is -0.900. The maximum absolute atomic E-state index is 10.2. The molecule has 21 heavy (non-hydrogen) atoms. The highest BCUT2D eigenvalue weighted by atomic mass is 16.5. The minimum atomic E-state index is -0.157. The lowest BCUT2D eigenvalue weighted by atomic mass is 9.58. The fourth-order valence-electron chi connectivity index (χ4n) is 4.01. The van der Waals surface area contributed by atoms with Crippen LogP contribution in [0.5, 0.6) is 0 Å². The molecule has 3 nitrogen and oxygen atoms in total. The number of piperidine rings is 1. The van der Waals surface area contributed by atoms with E-state index in [0.717, 1.165) is 45.5 Å². The van der Waals surface area contributed by atoms with Gasteiger partial charge in [0.1, 0.15) is 0 Å². The van der Waals surface area contributed by atoms with E-state index in [-0.39, 0.29) is 17.6 Å². The van der Waals surface area contributed by atoms with E-state index in [1.807, 2.05) is 6.92 Å². The quantitative estimate of drug-likeness (QED) is 0.925. The number of aliphatic hydroxyl groups is 1. The standard InChI is InChI=1S/C18H27NO2/c1-3-21-17-12-16(20)18(17)7-9-19(10-8-18)13-15-6-4-5-14(2)11-15/h4-6,11,16-17,20H,3,7-10,12-13H2,1-2H3. The van der Waals surface area contributed by atoms with Crippen LogP contribution in [0.25, 0.3) is 0 Å². The predicted octanol–water partition coefficient (Wildman–Crippen LogP) is 2.75. The zero-order valence-electron chi connectivity index (χ0n) is 13.2. The molecule has 3 rings (SSSR count). The van der Waals surface area contributed by atoms with Gasteiger partial charge in [0.2, 0.25) is 0 Å². The molecular weight excluding hydrogens is 262 g/mol. The van der Waals surface area contributed by atoms with Crippen molar-refractivity contribution in [1.29, 1.82) is 0 Å². The Bertz CT molecular complexity index is 478. The van der Waals surface area contributed by atoms with Crippen molar-refractivity contribution in [3.8, 4) is 0 Å². The van der Waals surface area contributed by atoms with E-state index >= 15 is 0 Å². The summed E-state index contributed by atoms with van der Waals surface area (Å²) in [7, 11) is 0. The van der Waals surface area contributed by atoms with Gasteiger partial charge in [-0.15, -0.1) is 0 Å². The maximum Gasteiger partial charge on any atom is 0.0681 e. The van der Waals surface area contributed by atoms with Gasteiger partial charge in [0.15, 0.2) is 0 Å². The topological polar surface area (TPSA) is 32.7 Å². The highest BCUT2D eigenvalue weighted by Gasteiger charge is 2.55. The molecule has 0 amide bonds. The monoisotopic (exact) mass is 289 g/mol. The number of aryl methyl sites for hydroxylation is 1. The molecule has 1 N–H and O–H groups in total. The van der Waals surface area contributed by atoms with Gasteiger partial charge in [0, 0.05) is 25.0 Å². The third-order valence-corrected chi connectivity index (χ3v) is 5.39. The van der Waals surface area contributed by atoms with Crippen molar-refractivity contribution in [3.05, 3.63) is 35.4 Å². The lowest BCUT2D eigenvalue weighted by molar-refractivity contribution is -0.209. The highest BCUT2D eigenvalue weighted by Crippen LogP contribution is 2.51. The zero-order valence-corrected chi connectivity index (χ0v) is 13.2. The van der Waals surface area contributed by atoms with E-state index in [2.05, 4.69) is 36.1 Å². The molecule has 116 valence electrons. The molecule has 1 aliphatic heterocycles. The van der Waals surface area contributed by atoms with Gasteiger partial charge in [-0.1, -0.05) is 29.8 Å². The van der Waals surface area contributed by atoms with Gasteiger partial charge in [-0.05, 0) is 45.3 Å². The normalized spacial score (nSPS) is 28.5. The van der Waals surface area contributed by atoms with Crippen LogP contribution in [0.2, 0.25) is 0 Å². The first-order valence-electron chi connectivity index (χ1n) is 8.21. The summed E-state index contributed by atoms with van der Waals surface area (Å²) in [4.78, 5) is 2.51. The predicted molar refractivity (Wildman–Crippen MR) is 84.2 cm³/mol. The molecule has 1 saturated heterocycles. The molecule has 2 fully saturated rings. The van der Waals surface area contributed by atoms with E-state index < -0.39 is 0 Å². The van der Waals surface area contributed by atoms with Crippen LogP contribution in [-0.2, 0) is 11.3 Å². The van der Waals surface area contributed by atoms with Gasteiger partial charge < -0.3 is 9.84 Å². The van der Waals surface area contributed by atoms with Gasteiger partial charge in [0.05, 0.1) is 12.2 Å². The zero-order chi connectivity index (χ0) is 14.9. The molecule has 1 aromatic carbocycles. The van der Waals surface area contributed by atoms with Crippen molar-refractivity contribution >= 4 is 0 Å². The fourth-order valence-corrected chi connectivity index (χ4v) is 4.01. The molecule has 0 radical (unpaired) electrons. The Morgan fingerprint density at radius 3 is 2.71 bits per heavy atom. The maximum atomic E-state index is 10.2. The Morgan fingerprint density at radius 1 is 1.33 bits per heavy atom. The third-order valence-electron chi connectivity index (χ3n) is 5.39. The lowest BCUT2D eigenvalue weighted by Crippen LogP contribution is -2.62. The van der Waals surface area contributed by atoms with Crippen molar-refractivity contribution in [2.24, 2.45) is 5.41 Å². The SMILES string of the molecule is CCOC1CC(O)C12CCN(Cc1cccc(C)c1)CC2. The first-order valence-corrected chi connectivity index (χ1v) is 8.21. The second-order valence-corrected chi connectivity index (χ2v) is 6.69. The number of hydrogen-bond acceptors (Lipinski definition) is 3. The van der Waals surface area contributed by atoms with E-state index in [0.29, 0.717) is 0 Å². The molecule has 3 heteroatoms. The van der Waals surface area contributed by atoms with Gasteiger partial charge in [-0.3, -0.25) is 4.90 Å². The minimum absolute atomic E-state index is 0.0408. The van der Waals surface area contributed by atoms with Crippen LogP contribution < -0.4 is 0 Å². The lowest BCUT2D eigenvalue weighted by Gasteiger charge is -2.56. The first kappa shape index (κ1) is 15.0. The number of rotatable bonds is 4. The molecule has 2 atom stereocenters. The molecule has 0 bridgehead atoms. The van der Waals surface area contributed by atoms with E-state index in [4.69, 9.17) is 4.74 Å². The van der Waals surface area contributed by atoms with Gasteiger partial charge in [0.25, 0.3) is 0 Å². The van der Waals surface area contributed by atoms with E-state index in [9.17, 15) is 5.11 Å². The average Bonchev–Trinajstić information content (AvgIpc) is 2.48. The van der Waals surface area contributed by atoms with E-state index in [1.165, 1.54) is 11.1 Å². The van der Waals surface area contributed by atoms with Crippen LogP contribution in [-0.4, -0.2) is 41.9 Å². The van der Waals surface area contributed by atoms with Crippen molar-refractivity contribution in [2.45, 2.75) is 51.9 Å². The van der Waals surface area contributed by atoms with Crippen molar-refractivity contribution in [2.75, 3.05) is 19.7 Å². The summed E-state index contributed by atoms with van der Waals surface area (Å²) < 4.78 is 5.83. The largest absolute Gasteiger partial charge is 0.392 e. The fraction of sp³-hybridized carbons (Fsp3) is 0.667. The molecule has 1 aliphatic carbocycles. The summed E-state index contributed by atoms with van der Waals surface area (Å²) in [6, 6.07) is 8.76. The van der Waals surface area contributed by atoms with Crippen LogP contribution in [0.1, 0.15) is 37.3 Å². The smallest absolute Gasteiger partial charge is 0.0681 e. The Balaban J connectivity index is 1.57. The molecule has 1 aromatic rings. The van der Waals surface area contributed by atoms with Crippen molar-refractivity contribution < 1.29 is 9.84 Å². The Morgan fingerprint density at radius 2 is 2.10 bits per heavy atom. The number of likely N-dealkylation sites (tertiary alicyclic amines) is 1. The summed E-state index contributed by atoms with van der Waals surface area (Å²) in [6.45, 7) is 8.10. The summed E-state index contributed by atoms with van der Waals surface area (Å²) in [5.74, 6) is 0. The molecular formula is C18H27NO2. The summed E-state index contributed by atoms with van der Waals surface area (Å²) in [5, 5.41) is 10.2. The molecule has 1 spiro atoms. The van der Waals surface area contributed by atoms with Gasteiger partial charge in [-0.2, -0.15) is 0 Å². The van der Waals surface area contributed by atoms with Gasteiger partial charge in [-0.25, -0.2) is 0 Å². The first-order chi connectivity index (χ1) is 10.1. The van der Waals surface area contributed by atoms with Gasteiger partial charge >= 0.3 is 0 Å². The molecule has 2 aliphatic rings. The van der Waals surface area contributed by atoms with Crippen LogP contribution in [0.15, 0.2) is 24.3 Å². The molecule has 1 saturated carbocycles. The average molecular weight is 289 g/mol. The minimum Gasteiger partial charge on any atom is -0.392 e. The highest BCUT2D eigenvalue weighted by molar-refractivity contribution is 5.22. The number of aliphatic hydroxyl groups excluding tert-OH is 1. The number of hydrogen-bond donors (Lipinski definition) is 1. The Labute approximate surface area is 127 Å². The van der Waals surface area contributed by atoms with Crippen LogP contribution in [0, 0.1) is 12.3 Å². The van der Waals surface area contributed by atoms with E-state index in [1.54, 1.807) is 0 Å². The van der Waals surface area contributed by atoms with Crippen molar-refractivity contribution in [1.82, 2.24) is 4.90 Å². The number of nitrogens with zero attached hydrogens (tertiary/aromatic N) is 1. The summed E-state index contributed by atoms with van der Waals surface area (Å²) in [6.07, 6.45) is 3.06. The van der Waals surface area contributed by atoms with Crippen molar-refractivity contribution in [3.63, 3.8) is 0 Å². The Kier molecular flexibility index (Phi) is 4.34. The molecule has 0 aromatic heterocycles. The summed E-state index contributed by atoms with van der Waals surface area (Å²) in [5.41, 5.74) is 2.76. The number of benzene rings is 1. The molecule has 2 unspecified atom stereocenters. The number of ether oxygens (including phenoxy) is 1.